The van der Waals surface area contributed by atoms with Crippen LogP contribution >= 0.6 is 0 Å². The first-order valence-electron chi connectivity index (χ1n) is 8.38. The number of non-ortho nitro benzene ring substituents is 2. The van der Waals surface area contributed by atoms with Crippen LogP contribution in [0.25, 0.3) is 0 Å². The van der Waals surface area contributed by atoms with Crippen LogP contribution in [0.3, 0.4) is 0 Å². The second-order valence-corrected chi connectivity index (χ2v) is 5.91. The van der Waals surface area contributed by atoms with Gasteiger partial charge in [0.1, 0.15) is 12.6 Å². The number of rotatable bonds is 10. The number of hydrogen-bond donors (Lipinski definition) is 1. The lowest BCUT2D eigenvalue weighted by molar-refractivity contribution is -0.385. The average molecular weight is 385 g/mol. The van der Waals surface area contributed by atoms with Gasteiger partial charge in [0.2, 0.25) is 0 Å². The van der Waals surface area contributed by atoms with E-state index in [4.69, 9.17) is 4.74 Å². The van der Waals surface area contributed by atoms with E-state index in [1.807, 2.05) is 0 Å². The van der Waals surface area contributed by atoms with Crippen molar-refractivity contribution in [2.45, 2.75) is 25.6 Å². The number of nitro groups is 2. The van der Waals surface area contributed by atoms with E-state index in [-0.39, 0.29) is 18.0 Å². The van der Waals surface area contributed by atoms with E-state index < -0.39 is 21.9 Å². The molecule has 2 aromatic carbocycles. The van der Waals surface area contributed by atoms with E-state index in [0.29, 0.717) is 18.5 Å². The van der Waals surface area contributed by atoms with E-state index in [1.54, 1.807) is 18.2 Å². The number of hydrogen-bond acceptors (Lipinski definition) is 7. The molecule has 1 N–H and O–H groups in total. The molecule has 0 bridgehead atoms. The van der Waals surface area contributed by atoms with E-state index in [1.165, 1.54) is 36.4 Å². The molecule has 146 valence electrons. The molecular formula is C19H19N3O6. The molecule has 0 amide bonds. The third-order valence-corrected chi connectivity index (χ3v) is 3.91. The number of carbonyl (C=O) groups is 1. The minimum absolute atomic E-state index is 0.00565. The maximum Gasteiger partial charge on any atom is 0.323 e. The van der Waals surface area contributed by atoms with Gasteiger partial charge in [0.15, 0.2) is 0 Å². The fraction of sp³-hybridized carbons (Fsp3) is 0.211. The van der Waals surface area contributed by atoms with Crippen molar-refractivity contribution >= 4 is 17.3 Å². The van der Waals surface area contributed by atoms with E-state index in [9.17, 15) is 25.0 Å². The molecule has 9 heteroatoms. The average Bonchev–Trinajstić information content (AvgIpc) is 2.69. The summed E-state index contributed by atoms with van der Waals surface area (Å²) in [6.45, 7) is 3.94. The Morgan fingerprint density at radius 1 is 1.00 bits per heavy atom. The third kappa shape index (κ3) is 5.99. The summed E-state index contributed by atoms with van der Waals surface area (Å²) in [5.74, 6) is -0.486. The van der Waals surface area contributed by atoms with Gasteiger partial charge in [-0.2, -0.15) is 0 Å². The normalized spacial score (nSPS) is 11.4. The quantitative estimate of drug-likeness (QED) is 0.288. The van der Waals surface area contributed by atoms with Gasteiger partial charge in [-0.05, 0) is 29.7 Å². The first-order valence-corrected chi connectivity index (χ1v) is 8.38. The monoisotopic (exact) mass is 385 g/mol. The van der Waals surface area contributed by atoms with Crippen molar-refractivity contribution in [1.82, 2.24) is 5.32 Å². The molecule has 0 heterocycles. The van der Waals surface area contributed by atoms with Crippen LogP contribution in [-0.4, -0.2) is 21.9 Å². The summed E-state index contributed by atoms with van der Waals surface area (Å²) in [5, 5.41) is 24.4. The van der Waals surface area contributed by atoms with Gasteiger partial charge in [0, 0.05) is 30.8 Å². The summed E-state index contributed by atoms with van der Waals surface area (Å²) in [6.07, 6.45) is 1.92. The lowest BCUT2D eigenvalue weighted by atomic mass is 10.1. The number of nitro benzene ring substituents is 2. The summed E-state index contributed by atoms with van der Waals surface area (Å²) >= 11 is 0. The highest BCUT2D eigenvalue weighted by Gasteiger charge is 2.18. The Labute approximate surface area is 160 Å². The molecule has 0 saturated heterocycles. The second kappa shape index (κ2) is 9.93. The lowest BCUT2D eigenvalue weighted by Crippen LogP contribution is -2.37. The minimum atomic E-state index is -0.634. The molecule has 0 aromatic heterocycles. The van der Waals surface area contributed by atoms with Crippen molar-refractivity contribution < 1.29 is 19.4 Å². The molecule has 28 heavy (non-hydrogen) atoms. The van der Waals surface area contributed by atoms with Gasteiger partial charge >= 0.3 is 5.97 Å². The van der Waals surface area contributed by atoms with Gasteiger partial charge in [-0.15, -0.1) is 6.58 Å². The number of carbonyl (C=O) groups excluding carboxylic acids is 1. The molecule has 1 atom stereocenters. The van der Waals surface area contributed by atoms with Crippen LogP contribution in [0, 0.1) is 20.2 Å². The zero-order valence-electron chi connectivity index (χ0n) is 14.9. The summed E-state index contributed by atoms with van der Waals surface area (Å²) < 4.78 is 5.27. The molecule has 0 aliphatic heterocycles. The van der Waals surface area contributed by atoms with Crippen LogP contribution in [0.2, 0.25) is 0 Å². The molecule has 0 unspecified atom stereocenters. The Morgan fingerprint density at radius 3 is 1.96 bits per heavy atom. The van der Waals surface area contributed by atoms with Crippen LogP contribution in [0.15, 0.2) is 61.2 Å². The van der Waals surface area contributed by atoms with Crippen molar-refractivity contribution in [3.8, 4) is 0 Å². The maximum absolute atomic E-state index is 12.3. The Bertz CT molecular complexity index is 849. The first-order chi connectivity index (χ1) is 13.4. The minimum Gasteiger partial charge on any atom is -0.460 e. The number of ether oxygens (including phenoxy) is 1. The van der Waals surface area contributed by atoms with E-state index in [0.717, 1.165) is 5.56 Å². The number of esters is 1. The smallest absolute Gasteiger partial charge is 0.323 e. The Balaban J connectivity index is 1.90. The van der Waals surface area contributed by atoms with Crippen LogP contribution in [0.5, 0.6) is 0 Å². The fourth-order valence-corrected chi connectivity index (χ4v) is 2.38. The molecule has 0 saturated carbocycles. The number of nitrogens with one attached hydrogen (secondary N) is 1. The SMILES string of the molecule is C=CC[C@H](NCc1ccc([N+](=O)[O-])cc1)C(=O)OCc1ccc([N+](=O)[O-])cc1. The maximum atomic E-state index is 12.3. The predicted octanol–water partition coefficient (Wildman–Crippen LogP) is 3.28. The largest absolute Gasteiger partial charge is 0.460 e. The standard InChI is InChI=1S/C19H19N3O6/c1-2-3-18(20-12-14-4-8-16(9-5-14)21(24)25)19(23)28-13-15-6-10-17(11-7-15)22(26)27/h2,4-11,18,20H,1,3,12-13H2/t18-/m0/s1. The lowest BCUT2D eigenvalue weighted by Gasteiger charge is -2.16. The molecule has 0 fully saturated rings. The fourth-order valence-electron chi connectivity index (χ4n) is 2.38. The Hall–Kier alpha value is -3.59. The molecule has 9 nitrogen and oxygen atoms in total. The predicted molar refractivity (Wildman–Crippen MR) is 101 cm³/mol. The highest BCUT2D eigenvalue weighted by molar-refractivity contribution is 5.76. The van der Waals surface area contributed by atoms with Crippen LogP contribution in [-0.2, 0) is 22.7 Å². The van der Waals surface area contributed by atoms with Crippen LogP contribution in [0.1, 0.15) is 17.5 Å². The molecule has 2 aromatic rings. The van der Waals surface area contributed by atoms with Gasteiger partial charge in [0.25, 0.3) is 11.4 Å². The summed E-state index contributed by atoms with van der Waals surface area (Å²) in [4.78, 5) is 32.7. The summed E-state index contributed by atoms with van der Waals surface area (Å²) in [5.41, 5.74) is 1.37. The number of benzene rings is 2. The van der Waals surface area contributed by atoms with Gasteiger partial charge in [0.05, 0.1) is 9.85 Å². The number of nitrogens with zero attached hydrogens (tertiary/aromatic N) is 2. The van der Waals surface area contributed by atoms with Crippen LogP contribution in [0.4, 0.5) is 11.4 Å². The second-order valence-electron chi connectivity index (χ2n) is 5.91. The first kappa shape index (κ1) is 20.7. The Morgan fingerprint density at radius 2 is 1.50 bits per heavy atom. The Kier molecular flexibility index (Phi) is 7.35. The summed E-state index contributed by atoms with van der Waals surface area (Å²) in [6, 6.07) is 11.1. The molecule has 2 rings (SSSR count). The topological polar surface area (TPSA) is 125 Å². The summed E-state index contributed by atoms with van der Waals surface area (Å²) in [7, 11) is 0. The van der Waals surface area contributed by atoms with Gasteiger partial charge in [-0.3, -0.25) is 25.0 Å². The molecule has 0 aliphatic carbocycles. The van der Waals surface area contributed by atoms with Crippen molar-refractivity contribution in [2.75, 3.05) is 0 Å². The van der Waals surface area contributed by atoms with Crippen molar-refractivity contribution in [2.24, 2.45) is 0 Å². The zero-order valence-corrected chi connectivity index (χ0v) is 14.9. The molecule has 0 radical (unpaired) electrons. The van der Waals surface area contributed by atoms with Crippen LogP contribution < -0.4 is 5.32 Å². The zero-order chi connectivity index (χ0) is 20.5. The van der Waals surface area contributed by atoms with Crippen molar-refractivity contribution in [3.05, 3.63) is 92.5 Å². The van der Waals surface area contributed by atoms with Gasteiger partial charge in [-0.25, -0.2) is 0 Å². The van der Waals surface area contributed by atoms with Crippen molar-refractivity contribution in [3.63, 3.8) is 0 Å². The highest BCUT2D eigenvalue weighted by atomic mass is 16.6. The van der Waals surface area contributed by atoms with Crippen molar-refractivity contribution in [1.29, 1.82) is 0 Å². The third-order valence-electron chi connectivity index (χ3n) is 3.91. The highest BCUT2D eigenvalue weighted by Crippen LogP contribution is 2.14. The molecule has 0 aliphatic rings. The molecular weight excluding hydrogens is 366 g/mol. The van der Waals surface area contributed by atoms with Gasteiger partial charge in [-0.1, -0.05) is 18.2 Å². The van der Waals surface area contributed by atoms with Gasteiger partial charge < -0.3 is 10.1 Å². The van der Waals surface area contributed by atoms with E-state index in [2.05, 4.69) is 11.9 Å². The van der Waals surface area contributed by atoms with E-state index >= 15 is 0 Å². The molecule has 0 spiro atoms.